The van der Waals surface area contributed by atoms with Crippen LogP contribution in [0.4, 0.5) is 0 Å². The summed E-state index contributed by atoms with van der Waals surface area (Å²) in [6.45, 7) is 3.00. The van der Waals surface area contributed by atoms with Gasteiger partial charge in [-0.15, -0.1) is 0 Å². The molecule has 4 saturated carbocycles. The summed E-state index contributed by atoms with van der Waals surface area (Å²) in [5.41, 5.74) is -4.46. The number of cyclic esters (lactones) is 1. The molecule has 0 bridgehead atoms. The summed E-state index contributed by atoms with van der Waals surface area (Å²) in [5.74, 6) is -1.93. The molecule has 0 spiro atoms. The molecule has 4 aliphatic carbocycles. The average molecular weight is 585 g/mol. The molecule has 0 aromatic carbocycles. The summed E-state index contributed by atoms with van der Waals surface area (Å²) < 4.78 is 16.7. The number of hydrogen-bond donors (Lipinski definition) is 8. The fourth-order valence-corrected chi connectivity index (χ4v) is 10.1. The van der Waals surface area contributed by atoms with Gasteiger partial charge in [-0.2, -0.15) is 0 Å². The molecular weight excluding hydrogens is 540 g/mol. The Hall–Kier alpha value is -1.19. The van der Waals surface area contributed by atoms with Crippen molar-refractivity contribution in [3.05, 3.63) is 11.6 Å². The molecule has 5 fully saturated rings. The van der Waals surface area contributed by atoms with E-state index in [1.807, 2.05) is 6.92 Å². The van der Waals surface area contributed by atoms with Gasteiger partial charge in [0.25, 0.3) is 0 Å². The number of aliphatic hydroxyl groups is 8. The van der Waals surface area contributed by atoms with Crippen LogP contribution in [0.25, 0.3) is 0 Å². The highest BCUT2D eigenvalue weighted by atomic mass is 16.7. The molecule has 0 aromatic rings. The topological polar surface area (TPSA) is 207 Å². The van der Waals surface area contributed by atoms with E-state index < -0.39 is 95.5 Å². The van der Waals surface area contributed by atoms with E-state index in [-0.39, 0.29) is 38.2 Å². The summed E-state index contributed by atoms with van der Waals surface area (Å²) in [6.07, 6.45) is -6.68. The zero-order valence-electron chi connectivity index (χ0n) is 23.5. The van der Waals surface area contributed by atoms with E-state index in [9.17, 15) is 45.6 Å². The molecule has 0 radical (unpaired) electrons. The maximum atomic E-state index is 12.4. The molecule has 41 heavy (non-hydrogen) atoms. The van der Waals surface area contributed by atoms with Crippen LogP contribution in [0.3, 0.4) is 0 Å². The lowest BCUT2D eigenvalue weighted by Crippen LogP contribution is -2.76. The first-order valence-electron chi connectivity index (χ1n) is 14.9. The quantitative estimate of drug-likeness (QED) is 0.140. The predicted molar refractivity (Wildman–Crippen MR) is 139 cm³/mol. The zero-order valence-corrected chi connectivity index (χ0v) is 23.5. The van der Waals surface area contributed by atoms with E-state index in [1.54, 1.807) is 0 Å². The largest absolute Gasteiger partial charge is 0.458 e. The van der Waals surface area contributed by atoms with Crippen LogP contribution < -0.4 is 0 Å². The minimum absolute atomic E-state index is 0.0369. The fraction of sp³-hybridized carbons (Fsp3) is 0.897. The molecule has 1 saturated heterocycles. The van der Waals surface area contributed by atoms with E-state index in [1.165, 1.54) is 13.0 Å². The number of aliphatic hydroxyl groups excluding tert-OH is 6. The lowest BCUT2D eigenvalue weighted by molar-refractivity contribution is -0.342. The van der Waals surface area contributed by atoms with Crippen molar-refractivity contribution in [1.82, 2.24) is 0 Å². The van der Waals surface area contributed by atoms with E-state index in [4.69, 9.17) is 14.2 Å². The molecule has 6 aliphatic rings. The molecule has 12 nitrogen and oxygen atoms in total. The number of fused-ring (bicyclic) bond motifs is 5. The fourth-order valence-electron chi connectivity index (χ4n) is 10.1. The first-order valence-corrected chi connectivity index (χ1v) is 14.9. The van der Waals surface area contributed by atoms with Crippen LogP contribution in [0, 0.1) is 28.6 Å². The summed E-state index contributed by atoms with van der Waals surface area (Å²) in [4.78, 5) is 11.8. The minimum Gasteiger partial charge on any atom is -0.458 e. The first-order chi connectivity index (χ1) is 19.2. The van der Waals surface area contributed by atoms with E-state index in [0.717, 1.165) is 5.57 Å². The van der Waals surface area contributed by atoms with Gasteiger partial charge in [0.15, 0.2) is 6.29 Å². The Labute approximate surface area is 238 Å². The van der Waals surface area contributed by atoms with Gasteiger partial charge >= 0.3 is 5.97 Å². The Morgan fingerprint density at radius 2 is 1.76 bits per heavy atom. The lowest BCUT2D eigenvalue weighted by atomic mass is 9.40. The van der Waals surface area contributed by atoms with E-state index in [0.29, 0.717) is 19.3 Å². The van der Waals surface area contributed by atoms with Gasteiger partial charge < -0.3 is 55.1 Å². The summed E-state index contributed by atoms with van der Waals surface area (Å²) in [7, 11) is 0. The van der Waals surface area contributed by atoms with Gasteiger partial charge in [-0.25, -0.2) is 4.79 Å². The van der Waals surface area contributed by atoms with Crippen molar-refractivity contribution >= 4 is 5.97 Å². The van der Waals surface area contributed by atoms with Crippen LogP contribution in [0.5, 0.6) is 0 Å². The third kappa shape index (κ3) is 3.99. The third-order valence-electron chi connectivity index (χ3n) is 12.2. The molecule has 2 heterocycles. The Kier molecular flexibility index (Phi) is 7.22. The Morgan fingerprint density at radius 3 is 2.41 bits per heavy atom. The minimum atomic E-state index is -1.67. The van der Waals surface area contributed by atoms with E-state index in [2.05, 4.69) is 0 Å². The molecule has 12 heteroatoms. The van der Waals surface area contributed by atoms with Crippen LogP contribution in [-0.2, 0) is 19.0 Å². The van der Waals surface area contributed by atoms with Crippen LogP contribution in [0.2, 0.25) is 0 Å². The van der Waals surface area contributed by atoms with Gasteiger partial charge in [0.2, 0.25) is 0 Å². The Morgan fingerprint density at radius 1 is 1.02 bits per heavy atom. The lowest BCUT2D eigenvalue weighted by Gasteiger charge is -2.68. The van der Waals surface area contributed by atoms with Crippen molar-refractivity contribution in [3.63, 3.8) is 0 Å². The maximum Gasteiger partial charge on any atom is 0.331 e. The van der Waals surface area contributed by atoms with Crippen LogP contribution in [0.1, 0.15) is 58.8 Å². The average Bonchev–Trinajstić information content (AvgIpc) is 3.45. The number of carbonyl (C=O) groups is 1. The number of hydrogen-bond acceptors (Lipinski definition) is 12. The molecule has 15 atom stereocenters. The second kappa shape index (κ2) is 9.91. The van der Waals surface area contributed by atoms with Crippen LogP contribution in [0.15, 0.2) is 11.6 Å². The highest BCUT2D eigenvalue weighted by molar-refractivity contribution is 5.85. The smallest absolute Gasteiger partial charge is 0.331 e. The van der Waals surface area contributed by atoms with Gasteiger partial charge in [-0.1, -0.05) is 6.92 Å². The van der Waals surface area contributed by atoms with Crippen molar-refractivity contribution in [1.29, 1.82) is 0 Å². The number of rotatable bonds is 4. The number of carbonyl (C=O) groups excluding carboxylic acids is 1. The summed E-state index contributed by atoms with van der Waals surface area (Å²) >= 11 is 0. The van der Waals surface area contributed by atoms with Crippen molar-refractivity contribution in [3.8, 4) is 0 Å². The van der Waals surface area contributed by atoms with Gasteiger partial charge in [0.05, 0.1) is 47.6 Å². The molecule has 0 aromatic heterocycles. The molecule has 0 amide bonds. The molecule has 6 rings (SSSR count). The van der Waals surface area contributed by atoms with Crippen LogP contribution in [-0.4, -0.2) is 120 Å². The normalized spacial score (nSPS) is 56.9. The number of ether oxygens (including phenoxy) is 3. The van der Waals surface area contributed by atoms with Gasteiger partial charge in [-0.3, -0.25) is 0 Å². The monoisotopic (exact) mass is 584 g/mol. The molecular formula is C29H44O12. The molecule has 232 valence electrons. The van der Waals surface area contributed by atoms with Crippen molar-refractivity contribution in [2.75, 3.05) is 13.2 Å². The highest BCUT2D eigenvalue weighted by Crippen LogP contribution is 2.70. The second-order valence-corrected chi connectivity index (χ2v) is 13.8. The molecule has 8 N–H and O–H groups in total. The van der Waals surface area contributed by atoms with Gasteiger partial charge in [0.1, 0.15) is 24.9 Å². The third-order valence-corrected chi connectivity index (χ3v) is 12.2. The van der Waals surface area contributed by atoms with Gasteiger partial charge in [0, 0.05) is 30.3 Å². The Balaban J connectivity index is 1.28. The molecule has 2 aliphatic heterocycles. The predicted octanol–water partition coefficient (Wildman–Crippen LogP) is -1.51. The number of esters is 1. The molecule has 4 unspecified atom stereocenters. The van der Waals surface area contributed by atoms with Crippen molar-refractivity contribution in [2.45, 2.75) is 119 Å². The van der Waals surface area contributed by atoms with Crippen molar-refractivity contribution < 1.29 is 59.9 Å². The standard InChI is InChI=1S/C29H44O12/c1-13-22(34)23(35)24(36)25(40-13)41-15-8-19(32)28(12-30)21-17(3-5-27(28,37)9-15)29(38)6-4-16(14-7-20(33)39-11-14)26(29,2)10-18(21)31/h7,13,15-19,21-25,30-32,34-38H,3-6,8-12H2,1-2H3/t13-,15?,16+,17+,18?,19?,21+,22+,23+,24+,25-,26+,27?,28+,29-/m0/s1. The highest BCUT2D eigenvalue weighted by Gasteiger charge is 2.75. The maximum absolute atomic E-state index is 12.4. The van der Waals surface area contributed by atoms with Gasteiger partial charge in [-0.05, 0) is 56.4 Å². The zero-order chi connectivity index (χ0) is 29.7. The summed E-state index contributed by atoms with van der Waals surface area (Å²) in [5, 5.41) is 89.6. The van der Waals surface area contributed by atoms with Crippen molar-refractivity contribution in [2.24, 2.45) is 28.6 Å². The van der Waals surface area contributed by atoms with Crippen LogP contribution >= 0.6 is 0 Å². The SMILES string of the molecule is C[C@@H]1O[C@@H](OC2CC(O)[C@]3(CO)[C@H]4C(O)C[C@]5(C)[C@@H](C6=CC(=O)OC6)CC[C@]5(O)[C@@H]4CCC3(O)C2)[C@H](O)[C@H](O)[C@@H]1O. The second-order valence-electron chi connectivity index (χ2n) is 13.8. The summed E-state index contributed by atoms with van der Waals surface area (Å²) in [6, 6.07) is 0. The first kappa shape index (κ1) is 29.9. The van der Waals surface area contributed by atoms with E-state index >= 15 is 0 Å². The Bertz CT molecular complexity index is 1080.